The number of nitrogens with zero attached hydrogens (tertiary/aromatic N) is 2. The Morgan fingerprint density at radius 3 is 2.72 bits per heavy atom. The van der Waals surface area contributed by atoms with Gasteiger partial charge in [-0.05, 0) is 25.1 Å². The number of fused-ring (bicyclic) bond motifs is 1. The van der Waals surface area contributed by atoms with Crippen LogP contribution in [0, 0.1) is 6.92 Å². The molecule has 0 unspecified atom stereocenters. The third kappa shape index (κ3) is 1.84. The van der Waals surface area contributed by atoms with Crippen molar-refractivity contribution in [1.29, 1.82) is 0 Å². The number of benzene rings is 1. The number of ether oxygens (including phenoxy) is 2. The molecule has 2 heterocycles. The zero-order chi connectivity index (χ0) is 12.5. The van der Waals surface area contributed by atoms with Crippen molar-refractivity contribution in [3.05, 3.63) is 30.1 Å². The zero-order valence-electron chi connectivity index (χ0n) is 10.0. The summed E-state index contributed by atoms with van der Waals surface area (Å²) < 4.78 is 11.0. The molecule has 18 heavy (non-hydrogen) atoms. The molecule has 1 aromatic carbocycles. The van der Waals surface area contributed by atoms with E-state index < -0.39 is 0 Å². The number of rotatable bonds is 1. The van der Waals surface area contributed by atoms with Gasteiger partial charge < -0.3 is 15.2 Å². The first-order chi connectivity index (χ1) is 8.74. The Morgan fingerprint density at radius 2 is 1.94 bits per heavy atom. The van der Waals surface area contributed by atoms with Crippen LogP contribution in [0.1, 0.15) is 5.69 Å². The molecule has 0 fully saturated rings. The van der Waals surface area contributed by atoms with Crippen molar-refractivity contribution >= 4 is 5.69 Å². The molecule has 2 N–H and O–H groups in total. The molecule has 0 radical (unpaired) electrons. The summed E-state index contributed by atoms with van der Waals surface area (Å²) in [5.74, 6) is 2.13. The molecule has 92 valence electrons. The summed E-state index contributed by atoms with van der Waals surface area (Å²) in [5.41, 5.74) is 7.97. The fraction of sp³-hybridized carbons (Fsp3) is 0.231. The lowest BCUT2D eigenvalue weighted by Crippen LogP contribution is -2.15. The number of aryl methyl sites for hydroxylation is 1. The Hall–Kier alpha value is -2.30. The average molecular weight is 243 g/mol. The lowest BCUT2D eigenvalue weighted by Gasteiger charge is -2.18. The maximum atomic E-state index is 5.71. The fourth-order valence-electron chi connectivity index (χ4n) is 1.80. The van der Waals surface area contributed by atoms with Crippen molar-refractivity contribution in [2.45, 2.75) is 6.92 Å². The van der Waals surface area contributed by atoms with Crippen LogP contribution in [0.5, 0.6) is 11.5 Å². The van der Waals surface area contributed by atoms with Crippen molar-refractivity contribution in [3.63, 3.8) is 0 Å². The van der Waals surface area contributed by atoms with E-state index in [9.17, 15) is 0 Å². The molecule has 5 heteroatoms. The lowest BCUT2D eigenvalue weighted by molar-refractivity contribution is 0.171. The Balaban J connectivity index is 2.03. The molecule has 0 aliphatic carbocycles. The second-order valence-electron chi connectivity index (χ2n) is 4.09. The molecule has 1 aliphatic heterocycles. The fourth-order valence-corrected chi connectivity index (χ4v) is 1.80. The van der Waals surface area contributed by atoms with Gasteiger partial charge in [-0.3, -0.25) is 0 Å². The minimum Gasteiger partial charge on any atom is -0.486 e. The van der Waals surface area contributed by atoms with E-state index in [-0.39, 0.29) is 0 Å². The number of anilines is 1. The Labute approximate surface area is 105 Å². The van der Waals surface area contributed by atoms with Gasteiger partial charge in [0.15, 0.2) is 17.3 Å². The third-order valence-corrected chi connectivity index (χ3v) is 2.82. The highest BCUT2D eigenvalue weighted by Crippen LogP contribution is 2.33. The summed E-state index contributed by atoms with van der Waals surface area (Å²) in [5, 5.41) is 0. The van der Waals surface area contributed by atoms with Gasteiger partial charge in [0, 0.05) is 5.56 Å². The van der Waals surface area contributed by atoms with E-state index >= 15 is 0 Å². The summed E-state index contributed by atoms with van der Waals surface area (Å²) in [6.07, 6.45) is 1.62. The average Bonchev–Trinajstić information content (AvgIpc) is 2.41. The van der Waals surface area contributed by atoms with Crippen LogP contribution in [-0.2, 0) is 0 Å². The molecule has 5 nitrogen and oxygen atoms in total. The van der Waals surface area contributed by atoms with E-state index in [1.54, 1.807) is 6.20 Å². The first kappa shape index (κ1) is 10.8. The minimum atomic E-state index is 0.568. The van der Waals surface area contributed by atoms with Crippen LogP contribution in [0.2, 0.25) is 0 Å². The number of nitrogen functional groups attached to an aromatic ring is 1. The van der Waals surface area contributed by atoms with Gasteiger partial charge in [0.2, 0.25) is 0 Å². The van der Waals surface area contributed by atoms with Crippen LogP contribution in [-0.4, -0.2) is 23.2 Å². The van der Waals surface area contributed by atoms with Gasteiger partial charge in [0.1, 0.15) is 13.2 Å². The highest BCUT2D eigenvalue weighted by molar-refractivity contribution is 5.62. The topological polar surface area (TPSA) is 70.3 Å². The van der Waals surface area contributed by atoms with E-state index in [2.05, 4.69) is 9.97 Å². The molecule has 0 spiro atoms. The molecule has 0 bridgehead atoms. The lowest BCUT2D eigenvalue weighted by atomic mass is 10.1. The third-order valence-electron chi connectivity index (χ3n) is 2.82. The Morgan fingerprint density at radius 1 is 1.17 bits per heavy atom. The van der Waals surface area contributed by atoms with Gasteiger partial charge in [0.25, 0.3) is 0 Å². The van der Waals surface area contributed by atoms with Gasteiger partial charge in [-0.1, -0.05) is 0 Å². The minimum absolute atomic E-state index is 0.568. The molecular formula is C13H13N3O2. The van der Waals surface area contributed by atoms with Crippen LogP contribution in [0.4, 0.5) is 5.69 Å². The van der Waals surface area contributed by atoms with Crippen LogP contribution >= 0.6 is 0 Å². The molecule has 2 aromatic rings. The molecule has 3 rings (SSSR count). The van der Waals surface area contributed by atoms with Crippen LogP contribution < -0.4 is 15.2 Å². The summed E-state index contributed by atoms with van der Waals surface area (Å²) in [4.78, 5) is 8.59. The van der Waals surface area contributed by atoms with E-state index in [1.165, 1.54) is 0 Å². The van der Waals surface area contributed by atoms with Crippen molar-refractivity contribution < 1.29 is 9.47 Å². The number of hydrogen-bond acceptors (Lipinski definition) is 5. The first-order valence-corrected chi connectivity index (χ1v) is 5.73. The van der Waals surface area contributed by atoms with Crippen LogP contribution in [0.25, 0.3) is 11.4 Å². The van der Waals surface area contributed by atoms with Gasteiger partial charge in [0.05, 0.1) is 17.6 Å². The monoisotopic (exact) mass is 243 g/mol. The van der Waals surface area contributed by atoms with E-state index in [0.717, 1.165) is 22.8 Å². The summed E-state index contributed by atoms with van der Waals surface area (Å²) in [6, 6.07) is 5.68. The zero-order valence-corrected chi connectivity index (χ0v) is 10.0. The molecule has 1 aliphatic rings. The Bertz CT molecular complexity index is 599. The highest BCUT2D eigenvalue weighted by atomic mass is 16.6. The quantitative estimate of drug-likeness (QED) is 0.827. The predicted molar refractivity (Wildman–Crippen MR) is 67.6 cm³/mol. The maximum absolute atomic E-state index is 5.71. The summed E-state index contributed by atoms with van der Waals surface area (Å²) in [6.45, 7) is 3.01. The maximum Gasteiger partial charge on any atom is 0.162 e. The normalized spacial score (nSPS) is 13.4. The molecule has 0 saturated heterocycles. The van der Waals surface area contributed by atoms with Gasteiger partial charge in [-0.15, -0.1) is 0 Å². The van der Waals surface area contributed by atoms with Crippen LogP contribution in [0.3, 0.4) is 0 Å². The molecule has 0 amide bonds. The number of nitrogens with two attached hydrogens (primary N) is 1. The second kappa shape index (κ2) is 4.18. The highest BCUT2D eigenvalue weighted by Gasteiger charge is 2.13. The molecular weight excluding hydrogens is 230 g/mol. The number of aromatic nitrogens is 2. The smallest absolute Gasteiger partial charge is 0.162 e. The largest absolute Gasteiger partial charge is 0.486 e. The number of hydrogen-bond donors (Lipinski definition) is 1. The Kier molecular flexibility index (Phi) is 2.51. The SMILES string of the molecule is Cc1nc(-c2ccc3c(c2)OCCO3)ncc1N. The predicted octanol–water partition coefficient (Wildman–Crippen LogP) is 1.81. The van der Waals surface area contributed by atoms with E-state index in [1.807, 2.05) is 25.1 Å². The van der Waals surface area contributed by atoms with Crippen LogP contribution in [0.15, 0.2) is 24.4 Å². The van der Waals surface area contributed by atoms with Crippen molar-refractivity contribution in [1.82, 2.24) is 9.97 Å². The molecule has 0 saturated carbocycles. The van der Waals surface area contributed by atoms with Gasteiger partial charge in [-0.2, -0.15) is 0 Å². The van der Waals surface area contributed by atoms with Gasteiger partial charge in [-0.25, -0.2) is 9.97 Å². The van der Waals surface area contributed by atoms with Crippen molar-refractivity contribution in [2.24, 2.45) is 0 Å². The first-order valence-electron chi connectivity index (χ1n) is 5.73. The summed E-state index contributed by atoms with van der Waals surface area (Å²) in [7, 11) is 0. The molecule has 0 atom stereocenters. The molecule has 1 aromatic heterocycles. The van der Waals surface area contributed by atoms with E-state index in [4.69, 9.17) is 15.2 Å². The standard InChI is InChI=1S/C13H13N3O2/c1-8-10(14)7-15-13(16-8)9-2-3-11-12(6-9)18-5-4-17-11/h2-3,6-7H,4-5,14H2,1H3. The van der Waals surface area contributed by atoms with Crippen molar-refractivity contribution in [2.75, 3.05) is 18.9 Å². The van der Waals surface area contributed by atoms with Crippen molar-refractivity contribution in [3.8, 4) is 22.9 Å². The second-order valence-corrected chi connectivity index (χ2v) is 4.09. The van der Waals surface area contributed by atoms with Gasteiger partial charge >= 0.3 is 0 Å². The van der Waals surface area contributed by atoms with E-state index in [0.29, 0.717) is 24.7 Å². The summed E-state index contributed by atoms with van der Waals surface area (Å²) >= 11 is 0.